The lowest BCUT2D eigenvalue weighted by molar-refractivity contribution is 0.0927. The minimum Gasteiger partial charge on any atom is -0.459 e. The third kappa shape index (κ3) is 3.57. The molecule has 0 bridgehead atoms. The fourth-order valence-corrected chi connectivity index (χ4v) is 1.44. The molecule has 1 amide bonds. The Kier molecular flexibility index (Phi) is 4.13. The first-order valence-electron chi connectivity index (χ1n) is 5.71. The summed E-state index contributed by atoms with van der Waals surface area (Å²) in [6, 6.07) is 8.60. The van der Waals surface area contributed by atoms with Gasteiger partial charge in [0.1, 0.15) is 11.8 Å². The molecule has 0 unspecified atom stereocenters. The molecule has 2 N–H and O–H groups in total. The van der Waals surface area contributed by atoms with Crippen LogP contribution in [0.1, 0.15) is 16.2 Å². The van der Waals surface area contributed by atoms with E-state index in [1.54, 1.807) is 30.5 Å². The average Bonchev–Trinajstić information content (AvgIpc) is 2.98. The summed E-state index contributed by atoms with van der Waals surface area (Å²) in [6.45, 7) is 1.01. The van der Waals surface area contributed by atoms with Gasteiger partial charge in [0.15, 0.2) is 5.76 Å². The maximum Gasteiger partial charge on any atom is 0.287 e. The molecule has 6 nitrogen and oxygen atoms in total. The van der Waals surface area contributed by atoms with E-state index in [0.29, 0.717) is 24.5 Å². The van der Waals surface area contributed by atoms with Gasteiger partial charge in [0, 0.05) is 13.1 Å². The Morgan fingerprint density at radius 1 is 1.37 bits per heavy atom. The molecular weight excluding hydrogens is 244 g/mol. The first-order chi connectivity index (χ1) is 9.29. The van der Waals surface area contributed by atoms with Crippen LogP contribution in [-0.2, 0) is 0 Å². The highest BCUT2D eigenvalue weighted by atomic mass is 16.3. The Morgan fingerprint density at radius 3 is 2.89 bits per heavy atom. The van der Waals surface area contributed by atoms with Crippen molar-refractivity contribution in [2.45, 2.75) is 0 Å². The summed E-state index contributed by atoms with van der Waals surface area (Å²) in [6.07, 6.45) is 3.03. The van der Waals surface area contributed by atoms with Crippen molar-refractivity contribution in [2.75, 3.05) is 18.4 Å². The van der Waals surface area contributed by atoms with Crippen LogP contribution < -0.4 is 10.6 Å². The number of aromatic nitrogens is 1. The van der Waals surface area contributed by atoms with Crippen molar-refractivity contribution in [3.63, 3.8) is 0 Å². The van der Waals surface area contributed by atoms with Crippen LogP contribution in [0.3, 0.4) is 0 Å². The van der Waals surface area contributed by atoms with Crippen molar-refractivity contribution in [1.82, 2.24) is 10.3 Å². The van der Waals surface area contributed by atoms with Gasteiger partial charge in [0.2, 0.25) is 0 Å². The topological polar surface area (TPSA) is 91.0 Å². The molecule has 0 spiro atoms. The number of pyridine rings is 1. The number of hydrogen-bond acceptors (Lipinski definition) is 5. The standard InChI is InChI=1S/C13H12N4O2/c14-8-10-3-4-11(9-17-10)15-5-6-16-13(18)12-2-1-7-19-12/h1-4,7,9,15H,5-6H2,(H,16,18). The van der Waals surface area contributed by atoms with E-state index in [1.807, 2.05) is 6.07 Å². The fraction of sp³-hybridized carbons (Fsp3) is 0.154. The zero-order valence-electron chi connectivity index (χ0n) is 10.1. The predicted octanol–water partition coefficient (Wildman–Crippen LogP) is 1.39. The molecule has 0 aliphatic carbocycles. The zero-order chi connectivity index (χ0) is 13.5. The zero-order valence-corrected chi connectivity index (χ0v) is 10.1. The molecule has 0 saturated heterocycles. The number of carbonyl (C=O) groups excluding carboxylic acids is 1. The highest BCUT2D eigenvalue weighted by Crippen LogP contribution is 2.04. The molecule has 0 fully saturated rings. The van der Waals surface area contributed by atoms with Gasteiger partial charge < -0.3 is 15.1 Å². The number of nitrogens with zero attached hydrogens (tertiary/aromatic N) is 2. The van der Waals surface area contributed by atoms with Crippen molar-refractivity contribution in [3.8, 4) is 6.07 Å². The van der Waals surface area contributed by atoms with Crippen molar-refractivity contribution >= 4 is 11.6 Å². The second kappa shape index (κ2) is 6.21. The maximum atomic E-state index is 11.5. The molecule has 2 heterocycles. The molecule has 0 aliphatic heterocycles. The van der Waals surface area contributed by atoms with Crippen molar-refractivity contribution in [3.05, 3.63) is 48.2 Å². The predicted molar refractivity (Wildman–Crippen MR) is 68.5 cm³/mol. The van der Waals surface area contributed by atoms with Crippen LogP contribution in [0, 0.1) is 11.3 Å². The van der Waals surface area contributed by atoms with Crippen LogP contribution in [0.25, 0.3) is 0 Å². The van der Waals surface area contributed by atoms with Crippen molar-refractivity contribution in [2.24, 2.45) is 0 Å². The Labute approximate surface area is 110 Å². The SMILES string of the molecule is N#Cc1ccc(NCCNC(=O)c2ccco2)cn1. The molecule has 0 radical (unpaired) electrons. The van der Waals surface area contributed by atoms with Crippen LogP contribution in [0.15, 0.2) is 41.1 Å². The molecule has 2 aromatic rings. The Morgan fingerprint density at radius 2 is 2.26 bits per heavy atom. The van der Waals surface area contributed by atoms with Gasteiger partial charge in [-0.2, -0.15) is 5.26 Å². The highest BCUT2D eigenvalue weighted by molar-refractivity contribution is 5.91. The van der Waals surface area contributed by atoms with Crippen LogP contribution in [0.4, 0.5) is 5.69 Å². The number of hydrogen-bond donors (Lipinski definition) is 2. The molecule has 6 heteroatoms. The van der Waals surface area contributed by atoms with E-state index in [0.717, 1.165) is 5.69 Å². The largest absolute Gasteiger partial charge is 0.459 e. The van der Waals surface area contributed by atoms with Gasteiger partial charge in [-0.25, -0.2) is 4.98 Å². The second-order valence-corrected chi connectivity index (χ2v) is 3.70. The number of nitrogens with one attached hydrogen (secondary N) is 2. The van der Waals surface area contributed by atoms with Gasteiger partial charge in [-0.1, -0.05) is 0 Å². The lowest BCUT2D eigenvalue weighted by Gasteiger charge is -2.06. The van der Waals surface area contributed by atoms with Crippen LogP contribution in [0.2, 0.25) is 0 Å². The molecule has 19 heavy (non-hydrogen) atoms. The van der Waals surface area contributed by atoms with E-state index >= 15 is 0 Å². The first-order valence-corrected chi connectivity index (χ1v) is 5.71. The van der Waals surface area contributed by atoms with Crippen LogP contribution >= 0.6 is 0 Å². The summed E-state index contributed by atoms with van der Waals surface area (Å²) in [5.74, 6) is 0.0461. The van der Waals surface area contributed by atoms with E-state index in [1.165, 1.54) is 6.26 Å². The first kappa shape index (κ1) is 12.6. The molecule has 2 aromatic heterocycles. The Hall–Kier alpha value is -2.81. The second-order valence-electron chi connectivity index (χ2n) is 3.70. The number of nitriles is 1. The van der Waals surface area contributed by atoms with Crippen molar-refractivity contribution < 1.29 is 9.21 Å². The monoisotopic (exact) mass is 256 g/mol. The number of rotatable bonds is 5. The molecular formula is C13H12N4O2. The van der Waals surface area contributed by atoms with E-state index in [4.69, 9.17) is 9.68 Å². The van der Waals surface area contributed by atoms with Gasteiger partial charge in [0.05, 0.1) is 18.1 Å². The quantitative estimate of drug-likeness (QED) is 0.789. The maximum absolute atomic E-state index is 11.5. The van der Waals surface area contributed by atoms with E-state index in [9.17, 15) is 4.79 Å². The number of amides is 1. The highest BCUT2D eigenvalue weighted by Gasteiger charge is 2.06. The molecule has 2 rings (SSSR count). The molecule has 96 valence electrons. The Balaban J connectivity index is 1.72. The van der Waals surface area contributed by atoms with E-state index in [2.05, 4.69) is 15.6 Å². The lowest BCUT2D eigenvalue weighted by Crippen LogP contribution is -2.28. The number of carbonyl (C=O) groups is 1. The van der Waals surface area contributed by atoms with Gasteiger partial charge in [-0.3, -0.25) is 4.79 Å². The third-order valence-electron chi connectivity index (χ3n) is 2.36. The van der Waals surface area contributed by atoms with E-state index in [-0.39, 0.29) is 5.91 Å². The number of furan rings is 1. The minimum absolute atomic E-state index is 0.246. The Bertz CT molecular complexity index is 570. The average molecular weight is 256 g/mol. The number of anilines is 1. The van der Waals surface area contributed by atoms with Crippen molar-refractivity contribution in [1.29, 1.82) is 5.26 Å². The lowest BCUT2D eigenvalue weighted by atomic mass is 10.3. The molecule has 0 saturated carbocycles. The summed E-state index contributed by atoms with van der Waals surface area (Å²) in [7, 11) is 0. The molecule has 0 atom stereocenters. The summed E-state index contributed by atoms with van der Waals surface area (Å²) in [4.78, 5) is 15.4. The van der Waals surface area contributed by atoms with Gasteiger partial charge >= 0.3 is 0 Å². The summed E-state index contributed by atoms with van der Waals surface area (Å²) in [5.41, 5.74) is 1.17. The molecule has 0 aliphatic rings. The summed E-state index contributed by atoms with van der Waals surface area (Å²) < 4.78 is 4.96. The van der Waals surface area contributed by atoms with Crippen LogP contribution in [-0.4, -0.2) is 24.0 Å². The molecule has 0 aromatic carbocycles. The van der Waals surface area contributed by atoms with Gasteiger partial charge in [-0.05, 0) is 24.3 Å². The van der Waals surface area contributed by atoms with Gasteiger partial charge in [0.25, 0.3) is 5.91 Å². The van der Waals surface area contributed by atoms with Crippen LogP contribution in [0.5, 0.6) is 0 Å². The normalized spacial score (nSPS) is 9.63. The smallest absolute Gasteiger partial charge is 0.287 e. The van der Waals surface area contributed by atoms with E-state index < -0.39 is 0 Å². The minimum atomic E-state index is -0.246. The van der Waals surface area contributed by atoms with Gasteiger partial charge in [-0.15, -0.1) is 0 Å². The summed E-state index contributed by atoms with van der Waals surface area (Å²) >= 11 is 0. The third-order valence-corrected chi connectivity index (χ3v) is 2.36. The summed E-state index contributed by atoms with van der Waals surface area (Å²) in [5, 5.41) is 14.4. The fourth-order valence-electron chi connectivity index (χ4n) is 1.44.